The maximum Gasteiger partial charge on any atom is 0.251 e. The van der Waals surface area contributed by atoms with Crippen LogP contribution in [0, 0.1) is 0 Å². The van der Waals surface area contributed by atoms with E-state index in [4.69, 9.17) is 0 Å². The van der Waals surface area contributed by atoms with Gasteiger partial charge in [0.2, 0.25) is 0 Å². The van der Waals surface area contributed by atoms with Gasteiger partial charge in [-0.05, 0) is 67.6 Å². The van der Waals surface area contributed by atoms with E-state index < -0.39 is 0 Å². The van der Waals surface area contributed by atoms with E-state index >= 15 is 0 Å². The standard InChI is InChI=1S/C23H26N4OS/c1-29-23-24-12-15-27(23)21-10-8-18(9-11-21)22(28)25-16-19-6-2-3-7-20(19)17-26-13-4-5-14-26/h2-3,6-12,15H,4-5,13-14,16-17H2,1H3,(H,25,28). The first-order chi connectivity index (χ1) is 14.2. The van der Waals surface area contributed by atoms with Gasteiger partial charge < -0.3 is 5.32 Å². The summed E-state index contributed by atoms with van der Waals surface area (Å²) < 4.78 is 2.01. The zero-order valence-electron chi connectivity index (χ0n) is 16.7. The van der Waals surface area contributed by atoms with Crippen LogP contribution in [0.3, 0.4) is 0 Å². The summed E-state index contributed by atoms with van der Waals surface area (Å²) in [6.07, 6.45) is 8.28. The van der Waals surface area contributed by atoms with Crippen LogP contribution in [-0.4, -0.2) is 39.7 Å². The zero-order chi connectivity index (χ0) is 20.1. The van der Waals surface area contributed by atoms with Crippen molar-refractivity contribution in [3.05, 3.63) is 77.6 Å². The molecule has 1 aliphatic heterocycles. The van der Waals surface area contributed by atoms with Crippen LogP contribution in [-0.2, 0) is 13.1 Å². The van der Waals surface area contributed by atoms with Gasteiger partial charge in [0.25, 0.3) is 5.91 Å². The zero-order valence-corrected chi connectivity index (χ0v) is 17.5. The number of nitrogens with zero attached hydrogens (tertiary/aromatic N) is 3. The average molecular weight is 407 g/mol. The largest absolute Gasteiger partial charge is 0.348 e. The summed E-state index contributed by atoms with van der Waals surface area (Å²) in [5.41, 5.74) is 4.15. The maximum atomic E-state index is 12.6. The van der Waals surface area contributed by atoms with Gasteiger partial charge in [0.1, 0.15) is 0 Å². The minimum Gasteiger partial charge on any atom is -0.348 e. The maximum absolute atomic E-state index is 12.6. The van der Waals surface area contributed by atoms with E-state index in [1.54, 1.807) is 18.0 Å². The Hall–Kier alpha value is -2.57. The minimum atomic E-state index is -0.0525. The molecule has 1 aromatic heterocycles. The van der Waals surface area contributed by atoms with Crippen LogP contribution in [0.1, 0.15) is 34.3 Å². The lowest BCUT2D eigenvalue weighted by Crippen LogP contribution is -2.25. The molecular formula is C23H26N4OS. The number of likely N-dealkylation sites (tertiary alicyclic amines) is 1. The average Bonchev–Trinajstić information content (AvgIpc) is 3.45. The fraction of sp³-hybridized carbons (Fsp3) is 0.304. The minimum absolute atomic E-state index is 0.0525. The van der Waals surface area contributed by atoms with Gasteiger partial charge in [0.15, 0.2) is 5.16 Å². The van der Waals surface area contributed by atoms with Crippen molar-refractivity contribution in [3.63, 3.8) is 0 Å². The Balaban J connectivity index is 1.40. The smallest absolute Gasteiger partial charge is 0.251 e. The van der Waals surface area contributed by atoms with Crippen molar-refractivity contribution >= 4 is 17.7 Å². The predicted molar refractivity (Wildman–Crippen MR) is 117 cm³/mol. The van der Waals surface area contributed by atoms with E-state index in [0.29, 0.717) is 12.1 Å². The number of aromatic nitrogens is 2. The van der Waals surface area contributed by atoms with Gasteiger partial charge in [0.05, 0.1) is 0 Å². The number of rotatable bonds is 7. The van der Waals surface area contributed by atoms with E-state index in [1.165, 1.54) is 37.1 Å². The predicted octanol–water partition coefficient (Wildman–Crippen LogP) is 4.12. The Morgan fingerprint density at radius 3 is 2.52 bits per heavy atom. The van der Waals surface area contributed by atoms with Crippen LogP contribution >= 0.6 is 11.8 Å². The molecule has 0 bridgehead atoms. The summed E-state index contributed by atoms with van der Waals surface area (Å²) in [5, 5.41) is 4.00. The van der Waals surface area contributed by atoms with Crippen molar-refractivity contribution in [2.75, 3.05) is 19.3 Å². The molecule has 3 aromatic rings. The van der Waals surface area contributed by atoms with E-state index in [0.717, 1.165) is 17.4 Å². The number of hydrogen-bond acceptors (Lipinski definition) is 4. The number of carbonyl (C=O) groups excluding carboxylic acids is 1. The Kier molecular flexibility index (Phi) is 6.32. The van der Waals surface area contributed by atoms with Gasteiger partial charge in [-0.15, -0.1) is 0 Å². The first-order valence-electron chi connectivity index (χ1n) is 10.00. The van der Waals surface area contributed by atoms with Crippen LogP contribution in [0.15, 0.2) is 66.1 Å². The van der Waals surface area contributed by atoms with Crippen LogP contribution < -0.4 is 5.32 Å². The Morgan fingerprint density at radius 2 is 1.79 bits per heavy atom. The number of benzene rings is 2. The number of hydrogen-bond donors (Lipinski definition) is 1. The topological polar surface area (TPSA) is 50.2 Å². The second-order valence-corrected chi connectivity index (χ2v) is 8.04. The molecule has 2 aromatic carbocycles. The highest BCUT2D eigenvalue weighted by Crippen LogP contribution is 2.19. The van der Waals surface area contributed by atoms with Crippen LogP contribution in [0.25, 0.3) is 5.69 Å². The number of nitrogens with one attached hydrogen (secondary N) is 1. The molecule has 0 spiro atoms. The molecule has 150 valence electrons. The first-order valence-corrected chi connectivity index (χ1v) is 11.2. The quantitative estimate of drug-likeness (QED) is 0.600. The lowest BCUT2D eigenvalue weighted by Gasteiger charge is -2.17. The van der Waals surface area contributed by atoms with Crippen LogP contribution in [0.4, 0.5) is 0 Å². The summed E-state index contributed by atoms with van der Waals surface area (Å²) >= 11 is 1.59. The fourth-order valence-electron chi connectivity index (χ4n) is 3.75. The highest BCUT2D eigenvalue weighted by Gasteiger charge is 2.14. The molecule has 4 rings (SSSR count). The highest BCUT2D eigenvalue weighted by molar-refractivity contribution is 7.98. The van der Waals surface area contributed by atoms with Gasteiger partial charge >= 0.3 is 0 Å². The van der Waals surface area contributed by atoms with Crippen molar-refractivity contribution in [2.24, 2.45) is 0 Å². The molecule has 0 saturated carbocycles. The Bertz CT molecular complexity index is 961. The molecular weight excluding hydrogens is 380 g/mol. The van der Waals surface area contributed by atoms with Gasteiger partial charge in [-0.25, -0.2) is 4.98 Å². The molecule has 1 N–H and O–H groups in total. The van der Waals surface area contributed by atoms with Gasteiger partial charge in [-0.2, -0.15) is 0 Å². The summed E-state index contributed by atoms with van der Waals surface area (Å²) in [5.74, 6) is -0.0525. The molecule has 0 aliphatic carbocycles. The van der Waals surface area contributed by atoms with Crippen molar-refractivity contribution in [1.29, 1.82) is 0 Å². The number of amides is 1. The molecule has 0 atom stereocenters. The first kappa shape index (κ1) is 19.7. The lowest BCUT2D eigenvalue weighted by atomic mass is 10.1. The summed E-state index contributed by atoms with van der Waals surface area (Å²) in [7, 11) is 0. The Labute approximate surface area is 176 Å². The molecule has 1 amide bonds. The second kappa shape index (κ2) is 9.29. The fourth-order valence-corrected chi connectivity index (χ4v) is 4.28. The van der Waals surface area contributed by atoms with E-state index in [2.05, 4.69) is 33.4 Å². The molecule has 5 nitrogen and oxygen atoms in total. The van der Waals surface area contributed by atoms with Gasteiger partial charge in [-0.3, -0.25) is 14.3 Å². The molecule has 29 heavy (non-hydrogen) atoms. The van der Waals surface area contributed by atoms with Crippen LogP contribution in [0.5, 0.6) is 0 Å². The Morgan fingerprint density at radius 1 is 1.07 bits per heavy atom. The number of carbonyl (C=O) groups is 1. The van der Waals surface area contributed by atoms with Crippen LogP contribution in [0.2, 0.25) is 0 Å². The van der Waals surface area contributed by atoms with E-state index in [-0.39, 0.29) is 5.91 Å². The third-order valence-electron chi connectivity index (χ3n) is 5.35. The van der Waals surface area contributed by atoms with Crippen molar-refractivity contribution in [1.82, 2.24) is 19.8 Å². The lowest BCUT2D eigenvalue weighted by molar-refractivity contribution is 0.0951. The van der Waals surface area contributed by atoms with E-state index in [1.807, 2.05) is 47.4 Å². The summed E-state index contributed by atoms with van der Waals surface area (Å²) in [6, 6.07) is 16.0. The third kappa shape index (κ3) is 4.71. The van der Waals surface area contributed by atoms with Crippen molar-refractivity contribution in [3.8, 4) is 5.69 Å². The third-order valence-corrected chi connectivity index (χ3v) is 6.01. The van der Waals surface area contributed by atoms with Crippen molar-refractivity contribution < 1.29 is 4.79 Å². The molecule has 1 saturated heterocycles. The molecule has 0 radical (unpaired) electrons. The van der Waals surface area contributed by atoms with E-state index in [9.17, 15) is 4.79 Å². The summed E-state index contributed by atoms with van der Waals surface area (Å²) in [4.78, 5) is 19.5. The number of imidazole rings is 1. The second-order valence-electron chi connectivity index (χ2n) is 7.27. The molecule has 6 heteroatoms. The molecule has 1 fully saturated rings. The van der Waals surface area contributed by atoms with Gasteiger partial charge in [-0.1, -0.05) is 36.0 Å². The van der Waals surface area contributed by atoms with Gasteiger partial charge in [0, 0.05) is 36.7 Å². The molecule has 2 heterocycles. The van der Waals surface area contributed by atoms with Crippen molar-refractivity contribution in [2.45, 2.75) is 31.1 Å². The monoisotopic (exact) mass is 406 g/mol. The molecule has 0 unspecified atom stereocenters. The molecule has 1 aliphatic rings. The summed E-state index contributed by atoms with van der Waals surface area (Å²) in [6.45, 7) is 3.84. The number of thioether (sulfide) groups is 1. The SMILES string of the molecule is CSc1nccn1-c1ccc(C(=O)NCc2ccccc2CN2CCCC2)cc1. The highest BCUT2D eigenvalue weighted by atomic mass is 32.2. The normalized spacial score (nSPS) is 14.2.